The molecule has 1 amide bonds. The molecular weight excluding hydrogens is 455 g/mol. The lowest BCUT2D eigenvalue weighted by Crippen LogP contribution is -2.17. The van der Waals surface area contributed by atoms with Crippen molar-refractivity contribution in [1.82, 2.24) is 24.5 Å². The summed E-state index contributed by atoms with van der Waals surface area (Å²) in [6, 6.07) is 11.5. The van der Waals surface area contributed by atoms with E-state index in [4.69, 9.17) is 4.74 Å². The summed E-state index contributed by atoms with van der Waals surface area (Å²) in [7, 11) is 3.30. The first-order chi connectivity index (χ1) is 15.8. The van der Waals surface area contributed by atoms with Gasteiger partial charge in [-0.3, -0.25) is 9.48 Å². The summed E-state index contributed by atoms with van der Waals surface area (Å²) in [5.41, 5.74) is 1.86. The molecule has 0 saturated carbocycles. The second kappa shape index (κ2) is 9.02. The summed E-state index contributed by atoms with van der Waals surface area (Å²) in [4.78, 5) is 16.5. The second-order valence-corrected chi connectivity index (χ2v) is 7.77. The number of hydrogen-bond donors (Lipinski definition) is 1. The Morgan fingerprint density at radius 1 is 1.18 bits per heavy atom. The smallest absolute Gasteiger partial charge is 0.416 e. The van der Waals surface area contributed by atoms with Gasteiger partial charge in [0.1, 0.15) is 17.4 Å². The van der Waals surface area contributed by atoms with Crippen molar-refractivity contribution in [3.63, 3.8) is 0 Å². The minimum atomic E-state index is -4.40. The first kappa shape index (κ1) is 22.5. The molecule has 33 heavy (non-hydrogen) atoms. The fourth-order valence-corrected chi connectivity index (χ4v) is 3.81. The van der Waals surface area contributed by atoms with Crippen molar-refractivity contribution in [3.05, 3.63) is 71.5 Å². The molecule has 0 aliphatic heterocycles. The van der Waals surface area contributed by atoms with E-state index in [0.717, 1.165) is 12.1 Å². The van der Waals surface area contributed by atoms with Crippen LogP contribution in [0.1, 0.15) is 21.6 Å². The van der Waals surface area contributed by atoms with Crippen molar-refractivity contribution in [2.75, 3.05) is 7.05 Å². The van der Waals surface area contributed by atoms with Crippen molar-refractivity contribution in [1.29, 1.82) is 0 Å². The Kier molecular flexibility index (Phi) is 6.14. The molecule has 4 rings (SSSR count). The molecule has 2 heterocycles. The van der Waals surface area contributed by atoms with E-state index in [2.05, 4.69) is 19.8 Å². The maximum Gasteiger partial charge on any atom is 0.416 e. The number of benzene rings is 2. The number of nitrogens with zero attached hydrogens (tertiary/aromatic N) is 4. The molecule has 0 spiro atoms. The third kappa shape index (κ3) is 4.87. The van der Waals surface area contributed by atoms with Gasteiger partial charge in [-0.1, -0.05) is 12.1 Å². The van der Waals surface area contributed by atoms with Gasteiger partial charge in [0.2, 0.25) is 0 Å². The maximum atomic E-state index is 12.7. The third-order valence-corrected chi connectivity index (χ3v) is 5.63. The standard InChI is InChI=1S/C22H18F3N5O2S/c1-26-20(31)14-5-3-4-13(10-14)19-28-21(33-29-19)17-11-27-30(2)18(17)12-32-16-8-6-15(7-9-16)22(23,24)25/h3-11H,12H2,1-2H3,(H,26,31). The number of ether oxygens (including phenoxy) is 1. The second-order valence-electron chi connectivity index (χ2n) is 7.02. The van der Waals surface area contributed by atoms with Crippen LogP contribution < -0.4 is 10.1 Å². The molecule has 1 N–H and O–H groups in total. The van der Waals surface area contributed by atoms with Crippen LogP contribution in [-0.4, -0.2) is 32.1 Å². The lowest BCUT2D eigenvalue weighted by molar-refractivity contribution is -0.137. The lowest BCUT2D eigenvalue weighted by atomic mass is 10.1. The average Bonchev–Trinajstić information content (AvgIpc) is 3.43. The van der Waals surface area contributed by atoms with Gasteiger partial charge < -0.3 is 10.1 Å². The number of carbonyl (C=O) groups is 1. The quantitative estimate of drug-likeness (QED) is 0.444. The van der Waals surface area contributed by atoms with Crippen LogP contribution in [0.4, 0.5) is 13.2 Å². The zero-order valence-electron chi connectivity index (χ0n) is 17.6. The SMILES string of the molecule is CNC(=O)c1cccc(-c2nsc(-c3cnn(C)c3COc3ccc(C(F)(F)F)cc3)n2)c1. The van der Waals surface area contributed by atoms with Gasteiger partial charge in [-0.05, 0) is 47.9 Å². The number of amides is 1. The molecule has 0 unspecified atom stereocenters. The predicted molar refractivity (Wildman–Crippen MR) is 117 cm³/mol. The zero-order valence-corrected chi connectivity index (χ0v) is 18.4. The number of rotatable bonds is 6. The van der Waals surface area contributed by atoms with E-state index in [1.807, 2.05) is 6.07 Å². The highest BCUT2D eigenvalue weighted by Crippen LogP contribution is 2.32. The number of halogens is 3. The lowest BCUT2D eigenvalue weighted by Gasteiger charge is -2.10. The van der Waals surface area contributed by atoms with Gasteiger partial charge in [0.05, 0.1) is 23.0 Å². The molecule has 0 bridgehead atoms. The molecular formula is C22H18F3N5O2S. The van der Waals surface area contributed by atoms with Crippen LogP contribution in [0, 0.1) is 0 Å². The summed E-state index contributed by atoms with van der Waals surface area (Å²) in [6.07, 6.45) is -2.76. The Morgan fingerprint density at radius 3 is 2.64 bits per heavy atom. The molecule has 0 aliphatic rings. The first-order valence-corrected chi connectivity index (χ1v) is 10.5. The minimum absolute atomic E-state index is 0.0816. The van der Waals surface area contributed by atoms with Crippen molar-refractivity contribution < 1.29 is 22.7 Å². The fourth-order valence-electron chi connectivity index (χ4n) is 3.10. The van der Waals surface area contributed by atoms with Gasteiger partial charge in [0.25, 0.3) is 5.91 Å². The van der Waals surface area contributed by atoms with E-state index >= 15 is 0 Å². The summed E-state index contributed by atoms with van der Waals surface area (Å²) in [5, 5.41) is 7.44. The summed E-state index contributed by atoms with van der Waals surface area (Å²) < 4.78 is 49.9. The number of nitrogens with one attached hydrogen (secondary N) is 1. The Labute approximate surface area is 191 Å². The molecule has 11 heteroatoms. The number of alkyl halides is 3. The topological polar surface area (TPSA) is 81.9 Å². The van der Waals surface area contributed by atoms with Crippen LogP contribution in [0.2, 0.25) is 0 Å². The zero-order chi connectivity index (χ0) is 23.6. The number of aryl methyl sites for hydroxylation is 1. The van der Waals surface area contributed by atoms with Crippen molar-refractivity contribution in [2.24, 2.45) is 7.05 Å². The normalized spacial score (nSPS) is 11.4. The van der Waals surface area contributed by atoms with Crippen LogP contribution >= 0.6 is 11.5 Å². The largest absolute Gasteiger partial charge is 0.487 e. The summed E-state index contributed by atoms with van der Waals surface area (Å²) in [5.74, 6) is 0.570. The molecule has 2 aromatic heterocycles. The van der Waals surface area contributed by atoms with Gasteiger partial charge in [-0.2, -0.15) is 22.6 Å². The molecule has 2 aromatic carbocycles. The Balaban J connectivity index is 1.54. The molecule has 4 aromatic rings. The highest BCUT2D eigenvalue weighted by molar-refractivity contribution is 7.09. The summed E-state index contributed by atoms with van der Waals surface area (Å²) >= 11 is 1.18. The van der Waals surface area contributed by atoms with Gasteiger partial charge in [-0.25, -0.2) is 4.98 Å². The Morgan fingerprint density at radius 2 is 1.94 bits per heavy atom. The molecule has 0 atom stereocenters. The Hall–Kier alpha value is -3.73. The third-order valence-electron chi connectivity index (χ3n) is 4.89. The van der Waals surface area contributed by atoms with E-state index in [1.165, 1.54) is 23.7 Å². The highest BCUT2D eigenvalue weighted by atomic mass is 32.1. The van der Waals surface area contributed by atoms with Gasteiger partial charge in [-0.15, -0.1) is 0 Å². The van der Waals surface area contributed by atoms with E-state index in [9.17, 15) is 18.0 Å². The first-order valence-electron chi connectivity index (χ1n) is 9.74. The predicted octanol–water partition coefficient (Wildman–Crippen LogP) is 4.56. The molecule has 0 saturated heterocycles. The van der Waals surface area contributed by atoms with Gasteiger partial charge in [0.15, 0.2) is 5.82 Å². The molecule has 170 valence electrons. The van der Waals surface area contributed by atoms with Crippen LogP contribution in [0.5, 0.6) is 5.75 Å². The van der Waals surface area contributed by atoms with E-state index < -0.39 is 11.7 Å². The maximum absolute atomic E-state index is 12.7. The molecule has 7 nitrogen and oxygen atoms in total. The average molecular weight is 473 g/mol. The van der Waals surface area contributed by atoms with Gasteiger partial charge in [0, 0.05) is 25.2 Å². The van der Waals surface area contributed by atoms with Crippen LogP contribution in [0.3, 0.4) is 0 Å². The van der Waals surface area contributed by atoms with Crippen molar-refractivity contribution in [3.8, 4) is 27.7 Å². The van der Waals surface area contributed by atoms with E-state index in [0.29, 0.717) is 39.0 Å². The van der Waals surface area contributed by atoms with Crippen LogP contribution in [-0.2, 0) is 19.8 Å². The minimum Gasteiger partial charge on any atom is -0.487 e. The fraction of sp³-hybridized carbons (Fsp3) is 0.182. The number of aromatic nitrogens is 4. The van der Waals surface area contributed by atoms with Crippen molar-refractivity contribution in [2.45, 2.75) is 12.8 Å². The Bertz CT molecular complexity index is 1280. The van der Waals surface area contributed by atoms with Crippen LogP contribution in [0.15, 0.2) is 54.7 Å². The van der Waals surface area contributed by atoms with Gasteiger partial charge >= 0.3 is 6.18 Å². The molecule has 0 fully saturated rings. The number of hydrogen-bond acceptors (Lipinski definition) is 6. The van der Waals surface area contributed by atoms with E-state index in [-0.39, 0.29) is 12.5 Å². The monoisotopic (exact) mass is 473 g/mol. The number of carbonyl (C=O) groups excluding carboxylic acids is 1. The highest BCUT2D eigenvalue weighted by Gasteiger charge is 2.30. The summed E-state index contributed by atoms with van der Waals surface area (Å²) in [6.45, 7) is 0.0816. The van der Waals surface area contributed by atoms with Crippen LogP contribution in [0.25, 0.3) is 22.0 Å². The van der Waals surface area contributed by atoms with E-state index in [1.54, 1.807) is 43.2 Å². The van der Waals surface area contributed by atoms with Crippen molar-refractivity contribution >= 4 is 17.4 Å². The molecule has 0 radical (unpaired) electrons. The molecule has 0 aliphatic carbocycles.